The summed E-state index contributed by atoms with van der Waals surface area (Å²) in [6.45, 7) is 4.96. The van der Waals surface area contributed by atoms with E-state index in [-0.39, 0.29) is 18.5 Å². The number of carbonyl (C=O) groups is 2. The van der Waals surface area contributed by atoms with Crippen LogP contribution in [0.15, 0.2) is 24.3 Å². The molecule has 0 bridgehead atoms. The standard InChI is InChI=1S/C65H125NO5/c1-3-5-7-9-11-13-15-17-19-25-29-33-37-41-45-49-53-57-63(68)62(61-67)66-64(69)58-54-50-46-42-38-34-30-27-23-21-22-24-28-32-36-40-44-48-52-56-60-71-65(70)59-55-51-47-43-39-35-31-26-20-18-16-14-12-10-8-6-4-2/h18,20-21,23,62-63,67-68H,3-17,19,22,24-61H2,1-2H3,(H,66,69)/b20-18-,23-21-. The van der Waals surface area contributed by atoms with Crippen LogP contribution in [0.4, 0.5) is 0 Å². The molecular formula is C65H125NO5. The van der Waals surface area contributed by atoms with Gasteiger partial charge in [-0.1, -0.05) is 289 Å². The Balaban J connectivity index is 3.42. The number of carbonyl (C=O) groups excluding carboxylic acids is 2. The lowest BCUT2D eigenvalue weighted by Crippen LogP contribution is -2.45. The van der Waals surface area contributed by atoms with E-state index in [0.29, 0.717) is 25.9 Å². The maximum absolute atomic E-state index is 12.5. The fourth-order valence-corrected chi connectivity index (χ4v) is 10.0. The third-order valence-corrected chi connectivity index (χ3v) is 15.0. The molecule has 0 fully saturated rings. The van der Waals surface area contributed by atoms with Gasteiger partial charge in [-0.2, -0.15) is 0 Å². The molecule has 420 valence electrons. The summed E-state index contributed by atoms with van der Waals surface area (Å²) < 4.78 is 5.49. The zero-order valence-electron chi connectivity index (χ0n) is 48.0. The maximum Gasteiger partial charge on any atom is 0.305 e. The van der Waals surface area contributed by atoms with Gasteiger partial charge < -0.3 is 20.3 Å². The van der Waals surface area contributed by atoms with E-state index in [1.54, 1.807) is 0 Å². The van der Waals surface area contributed by atoms with Gasteiger partial charge in [0.15, 0.2) is 0 Å². The number of unbranched alkanes of at least 4 members (excludes halogenated alkanes) is 45. The van der Waals surface area contributed by atoms with E-state index in [0.717, 1.165) is 44.9 Å². The fourth-order valence-electron chi connectivity index (χ4n) is 10.0. The quantitative estimate of drug-likeness (QED) is 0.0320. The molecule has 0 saturated heterocycles. The zero-order valence-corrected chi connectivity index (χ0v) is 48.0. The number of allylic oxidation sites excluding steroid dienone is 4. The molecule has 0 saturated carbocycles. The van der Waals surface area contributed by atoms with Crippen LogP contribution in [0.1, 0.15) is 354 Å². The van der Waals surface area contributed by atoms with E-state index < -0.39 is 12.1 Å². The van der Waals surface area contributed by atoms with Crippen molar-refractivity contribution >= 4 is 11.9 Å². The summed E-state index contributed by atoms with van der Waals surface area (Å²) in [4.78, 5) is 24.6. The normalized spacial score (nSPS) is 12.7. The van der Waals surface area contributed by atoms with Crippen molar-refractivity contribution < 1.29 is 24.5 Å². The SMILES string of the molecule is CCCCCCCC/C=C\CCCCCCCCCC(=O)OCCCCCCCCCCC/C=C\CCCCCCCCCC(=O)NC(CO)C(O)CCCCCCCCCCCCCCCCCCC. The lowest BCUT2D eigenvalue weighted by Gasteiger charge is -2.22. The number of hydrogen-bond donors (Lipinski definition) is 3. The molecule has 2 unspecified atom stereocenters. The van der Waals surface area contributed by atoms with Crippen molar-refractivity contribution in [2.24, 2.45) is 0 Å². The second-order valence-electron chi connectivity index (χ2n) is 22.1. The highest BCUT2D eigenvalue weighted by Gasteiger charge is 2.20. The number of esters is 1. The molecule has 0 aliphatic carbocycles. The van der Waals surface area contributed by atoms with Gasteiger partial charge in [0.2, 0.25) is 5.91 Å². The zero-order chi connectivity index (χ0) is 51.4. The van der Waals surface area contributed by atoms with Gasteiger partial charge in [-0.3, -0.25) is 9.59 Å². The van der Waals surface area contributed by atoms with Gasteiger partial charge in [-0.15, -0.1) is 0 Å². The Kier molecular flexibility index (Phi) is 59.5. The highest BCUT2D eigenvalue weighted by atomic mass is 16.5. The molecule has 71 heavy (non-hydrogen) atoms. The molecule has 0 aromatic rings. The van der Waals surface area contributed by atoms with Crippen molar-refractivity contribution in [3.05, 3.63) is 24.3 Å². The average Bonchev–Trinajstić information content (AvgIpc) is 3.37. The minimum Gasteiger partial charge on any atom is -0.466 e. The van der Waals surface area contributed by atoms with Gasteiger partial charge in [0.05, 0.1) is 25.4 Å². The first-order valence-corrected chi connectivity index (χ1v) is 32.1. The van der Waals surface area contributed by atoms with Crippen LogP contribution in [0.25, 0.3) is 0 Å². The summed E-state index contributed by atoms with van der Waals surface area (Å²) in [5, 5.41) is 23.3. The van der Waals surface area contributed by atoms with E-state index in [4.69, 9.17) is 4.74 Å². The molecule has 0 aromatic heterocycles. The van der Waals surface area contributed by atoms with Crippen LogP contribution in [0.5, 0.6) is 0 Å². The molecule has 3 N–H and O–H groups in total. The first-order valence-electron chi connectivity index (χ1n) is 32.1. The van der Waals surface area contributed by atoms with E-state index in [1.165, 1.54) is 276 Å². The van der Waals surface area contributed by atoms with Gasteiger partial charge in [0.25, 0.3) is 0 Å². The van der Waals surface area contributed by atoms with Crippen LogP contribution in [-0.4, -0.2) is 47.4 Å². The fraction of sp³-hybridized carbons (Fsp3) is 0.908. The van der Waals surface area contributed by atoms with Gasteiger partial charge in [-0.25, -0.2) is 0 Å². The van der Waals surface area contributed by atoms with Crippen LogP contribution < -0.4 is 5.32 Å². The smallest absolute Gasteiger partial charge is 0.305 e. The highest BCUT2D eigenvalue weighted by Crippen LogP contribution is 2.18. The van der Waals surface area contributed by atoms with Crippen LogP contribution in [0.2, 0.25) is 0 Å². The Morgan fingerprint density at radius 1 is 0.380 bits per heavy atom. The number of hydrogen-bond acceptors (Lipinski definition) is 5. The summed E-state index contributed by atoms with van der Waals surface area (Å²) >= 11 is 0. The molecule has 1 amide bonds. The number of rotatable bonds is 60. The second kappa shape index (κ2) is 60.9. The van der Waals surface area contributed by atoms with Crippen molar-refractivity contribution in [3.8, 4) is 0 Å². The monoisotopic (exact) mass is 1000 g/mol. The molecule has 2 atom stereocenters. The molecule has 0 radical (unpaired) electrons. The highest BCUT2D eigenvalue weighted by molar-refractivity contribution is 5.76. The summed E-state index contributed by atoms with van der Waals surface area (Å²) in [7, 11) is 0. The Hall–Kier alpha value is -1.66. The number of nitrogens with one attached hydrogen (secondary N) is 1. The molecule has 0 aromatic carbocycles. The van der Waals surface area contributed by atoms with E-state index in [2.05, 4.69) is 43.5 Å². The van der Waals surface area contributed by atoms with Crippen molar-refractivity contribution in [2.45, 2.75) is 366 Å². The molecule has 0 heterocycles. The van der Waals surface area contributed by atoms with Crippen LogP contribution >= 0.6 is 0 Å². The van der Waals surface area contributed by atoms with Crippen LogP contribution in [0.3, 0.4) is 0 Å². The van der Waals surface area contributed by atoms with E-state index in [9.17, 15) is 19.8 Å². The Morgan fingerprint density at radius 3 is 1.00 bits per heavy atom. The van der Waals surface area contributed by atoms with Crippen molar-refractivity contribution in [3.63, 3.8) is 0 Å². The van der Waals surface area contributed by atoms with Gasteiger partial charge in [0, 0.05) is 12.8 Å². The topological polar surface area (TPSA) is 95.9 Å². The Labute approximate surface area is 443 Å². The van der Waals surface area contributed by atoms with Gasteiger partial charge in [0.1, 0.15) is 0 Å². The molecular weight excluding hydrogens is 875 g/mol. The summed E-state index contributed by atoms with van der Waals surface area (Å²) in [5.74, 6) is -0.0375. The second-order valence-corrected chi connectivity index (χ2v) is 22.1. The first kappa shape index (κ1) is 69.3. The molecule has 6 heteroatoms. The number of aliphatic hydroxyl groups excluding tert-OH is 2. The summed E-state index contributed by atoms with van der Waals surface area (Å²) in [6.07, 6.45) is 74.7. The number of ether oxygens (including phenoxy) is 1. The largest absolute Gasteiger partial charge is 0.466 e. The minimum atomic E-state index is -0.670. The van der Waals surface area contributed by atoms with Gasteiger partial charge in [-0.05, 0) is 77.0 Å². The third kappa shape index (κ3) is 57.5. The van der Waals surface area contributed by atoms with Crippen LogP contribution in [-0.2, 0) is 14.3 Å². The third-order valence-electron chi connectivity index (χ3n) is 15.0. The van der Waals surface area contributed by atoms with E-state index >= 15 is 0 Å². The minimum absolute atomic E-state index is 0.00353. The average molecular weight is 1000 g/mol. The summed E-state index contributed by atoms with van der Waals surface area (Å²) in [5.41, 5.74) is 0. The Morgan fingerprint density at radius 2 is 0.662 bits per heavy atom. The number of aliphatic hydroxyl groups is 2. The first-order chi connectivity index (χ1) is 35.0. The Bertz CT molecular complexity index is 1110. The predicted molar refractivity (Wildman–Crippen MR) is 310 cm³/mol. The van der Waals surface area contributed by atoms with Crippen molar-refractivity contribution in [2.75, 3.05) is 13.2 Å². The lowest BCUT2D eigenvalue weighted by atomic mass is 10.0. The number of amides is 1. The summed E-state index contributed by atoms with van der Waals surface area (Å²) in [6, 6.07) is -0.548. The molecule has 0 aliphatic heterocycles. The lowest BCUT2D eigenvalue weighted by molar-refractivity contribution is -0.143. The van der Waals surface area contributed by atoms with Crippen LogP contribution in [0, 0.1) is 0 Å². The van der Waals surface area contributed by atoms with E-state index in [1.807, 2.05) is 0 Å². The molecule has 6 nitrogen and oxygen atoms in total. The molecule has 0 aliphatic rings. The van der Waals surface area contributed by atoms with Crippen molar-refractivity contribution in [1.29, 1.82) is 0 Å². The predicted octanol–water partition coefficient (Wildman–Crippen LogP) is 20.2. The molecule has 0 rings (SSSR count). The van der Waals surface area contributed by atoms with Crippen molar-refractivity contribution in [1.82, 2.24) is 5.32 Å². The maximum atomic E-state index is 12.5. The van der Waals surface area contributed by atoms with Gasteiger partial charge >= 0.3 is 5.97 Å². The molecule has 0 spiro atoms.